The average molecular weight is 537 g/mol. The Morgan fingerprint density at radius 1 is 0.939 bits per heavy atom. The van der Waals surface area contributed by atoms with Crippen LogP contribution < -0.4 is 4.90 Å². The van der Waals surface area contributed by atoms with Crippen LogP contribution in [-0.2, 0) is 29.7 Å². The number of sulfone groups is 2. The van der Waals surface area contributed by atoms with E-state index in [1.54, 1.807) is 19.2 Å². The smallest absolute Gasteiger partial charge is 0.305 e. The van der Waals surface area contributed by atoms with Crippen LogP contribution in [0.15, 0.2) is 24.3 Å². The van der Waals surface area contributed by atoms with E-state index < -0.39 is 44.9 Å². The van der Waals surface area contributed by atoms with Crippen LogP contribution in [-0.4, -0.2) is 67.5 Å². The summed E-state index contributed by atoms with van der Waals surface area (Å²) in [6.07, 6.45) is 0.0582. The lowest BCUT2D eigenvalue weighted by atomic mass is 10.2. The summed E-state index contributed by atoms with van der Waals surface area (Å²) in [5.74, 6) is -1.06. The molecule has 0 aliphatic rings. The quantitative estimate of drug-likeness (QED) is 0.385. The number of rotatable bonds is 13. The second-order valence-corrected chi connectivity index (χ2v) is 14.2. The first-order valence-electron chi connectivity index (χ1n) is 10.3. The van der Waals surface area contributed by atoms with Gasteiger partial charge < -0.3 is 4.90 Å². The lowest BCUT2D eigenvalue weighted by Gasteiger charge is -2.36. The molecule has 0 aromatic heterocycles. The maximum absolute atomic E-state index is 13.3. The SMILES string of the molecule is CCCN(CCC)S(=O)(=O)[C-](S(=O)(=O)CCC[NH+](C)c1ccc(C)cc1)S(=O)(=O)C(F)(F)F. The van der Waals surface area contributed by atoms with Crippen LogP contribution >= 0.6 is 0 Å². The molecule has 1 aromatic carbocycles. The Morgan fingerprint density at radius 2 is 1.42 bits per heavy atom. The van der Waals surface area contributed by atoms with Crippen molar-refractivity contribution >= 4 is 35.4 Å². The van der Waals surface area contributed by atoms with Gasteiger partial charge in [0.05, 0.1) is 27.3 Å². The number of nitrogens with zero attached hydrogens (tertiary/aromatic N) is 1. The van der Waals surface area contributed by atoms with E-state index in [-0.39, 0.29) is 38.9 Å². The van der Waals surface area contributed by atoms with E-state index in [1.165, 1.54) is 13.8 Å². The molecule has 0 saturated carbocycles. The molecule has 0 spiro atoms. The first-order valence-corrected chi connectivity index (χ1v) is 14.9. The molecule has 0 aliphatic carbocycles. The van der Waals surface area contributed by atoms with Gasteiger partial charge >= 0.3 is 5.51 Å². The molecule has 8 nitrogen and oxygen atoms in total. The van der Waals surface area contributed by atoms with Crippen LogP contribution in [0.25, 0.3) is 0 Å². The van der Waals surface area contributed by atoms with E-state index in [4.69, 9.17) is 0 Å². The number of nitrogens with one attached hydrogen (secondary N) is 1. The fourth-order valence-electron chi connectivity index (χ4n) is 3.11. The highest BCUT2D eigenvalue weighted by Gasteiger charge is 2.52. The molecule has 1 rings (SSSR count). The molecular formula is C19H31F3N2O6S3. The van der Waals surface area contributed by atoms with Crippen LogP contribution in [0.4, 0.5) is 18.9 Å². The van der Waals surface area contributed by atoms with Gasteiger partial charge in [0.2, 0.25) is 0 Å². The second kappa shape index (κ2) is 11.5. The van der Waals surface area contributed by atoms with Crippen molar-refractivity contribution in [2.45, 2.75) is 45.5 Å². The highest BCUT2D eigenvalue weighted by atomic mass is 32.3. The zero-order valence-corrected chi connectivity index (χ0v) is 21.5. The number of quaternary nitrogens is 1. The molecule has 1 aromatic rings. The number of alkyl halides is 3. The molecule has 0 saturated heterocycles. The number of sulfonamides is 1. The molecule has 1 N–H and O–H groups in total. The largest absolute Gasteiger partial charge is 0.470 e. The number of halogens is 3. The summed E-state index contributed by atoms with van der Waals surface area (Å²) in [7, 11) is -15.7. The number of aryl methyl sites for hydroxylation is 1. The maximum atomic E-state index is 13.3. The van der Waals surface area contributed by atoms with E-state index in [2.05, 4.69) is 0 Å². The summed E-state index contributed by atoms with van der Waals surface area (Å²) in [4.78, 5) is 0.729. The van der Waals surface area contributed by atoms with Crippen molar-refractivity contribution in [3.8, 4) is 0 Å². The molecular weight excluding hydrogens is 505 g/mol. The van der Waals surface area contributed by atoms with Gasteiger partial charge in [0.1, 0.15) is 15.7 Å². The molecule has 0 amide bonds. The first kappa shape index (κ1) is 29.8. The Hall–Kier alpha value is -1.22. The Morgan fingerprint density at radius 3 is 1.85 bits per heavy atom. The number of hydrogen-bond donors (Lipinski definition) is 1. The fraction of sp³-hybridized carbons (Fsp3) is 0.632. The lowest BCUT2D eigenvalue weighted by Crippen LogP contribution is -3.04. The van der Waals surface area contributed by atoms with Crippen molar-refractivity contribution in [3.63, 3.8) is 0 Å². The van der Waals surface area contributed by atoms with Gasteiger partial charge in [-0.2, -0.15) is 13.2 Å². The van der Waals surface area contributed by atoms with Gasteiger partial charge in [0.15, 0.2) is 9.84 Å². The Labute approximate surface area is 194 Å². The van der Waals surface area contributed by atoms with E-state index in [9.17, 15) is 38.4 Å². The summed E-state index contributed by atoms with van der Waals surface area (Å²) in [5, 5.41) is 0. The van der Waals surface area contributed by atoms with E-state index in [1.807, 2.05) is 19.1 Å². The molecule has 33 heavy (non-hydrogen) atoms. The summed E-state index contributed by atoms with van der Waals surface area (Å²) >= 11 is 0. The van der Waals surface area contributed by atoms with Gasteiger partial charge in [-0.1, -0.05) is 31.5 Å². The van der Waals surface area contributed by atoms with Crippen LogP contribution in [0.5, 0.6) is 0 Å². The Balaban J connectivity index is 3.30. The molecule has 0 radical (unpaired) electrons. The zero-order chi connectivity index (χ0) is 25.7. The van der Waals surface area contributed by atoms with Crippen LogP contribution in [0.2, 0.25) is 0 Å². The average Bonchev–Trinajstić information content (AvgIpc) is 2.66. The minimum atomic E-state index is -6.65. The van der Waals surface area contributed by atoms with Crippen molar-refractivity contribution in [2.75, 3.05) is 32.4 Å². The fourth-order valence-corrected chi connectivity index (χ4v) is 10.5. The monoisotopic (exact) mass is 536 g/mol. The minimum Gasteiger partial charge on any atom is -0.305 e. The highest BCUT2D eigenvalue weighted by molar-refractivity contribution is 8.28. The standard InChI is InChI=1S/C19H30F3N2O6S3/c1-5-12-24(13-6-2)33(29,30)18(32(27,28)19(20,21)22)31(25,26)15-7-14-23(4)17-10-8-16(3)9-11-17/h8-11H,5-7,12-15H2,1-4H3/q-1/p+1. The molecule has 0 aliphatic heterocycles. The van der Waals surface area contributed by atoms with E-state index in [0.29, 0.717) is 4.31 Å². The third-order valence-corrected chi connectivity index (χ3v) is 12.7. The van der Waals surface area contributed by atoms with Crippen LogP contribution in [0.1, 0.15) is 38.7 Å². The van der Waals surface area contributed by atoms with Crippen LogP contribution in [0.3, 0.4) is 0 Å². The predicted molar refractivity (Wildman–Crippen MR) is 120 cm³/mol. The molecule has 192 valence electrons. The maximum Gasteiger partial charge on any atom is 0.470 e. The van der Waals surface area contributed by atoms with E-state index in [0.717, 1.165) is 16.2 Å². The van der Waals surface area contributed by atoms with Crippen molar-refractivity contribution < 1.29 is 43.3 Å². The normalized spacial score (nSPS) is 14.7. The van der Waals surface area contributed by atoms with Gasteiger partial charge in [0.25, 0.3) is 0 Å². The molecule has 0 heterocycles. The number of benzene rings is 1. The van der Waals surface area contributed by atoms with Crippen LogP contribution in [0, 0.1) is 10.8 Å². The summed E-state index contributed by atoms with van der Waals surface area (Å²) in [6, 6.07) is 7.26. The van der Waals surface area contributed by atoms with Crippen molar-refractivity contribution in [2.24, 2.45) is 0 Å². The zero-order valence-electron chi connectivity index (χ0n) is 19.0. The minimum absolute atomic E-state index is 0.120. The topological polar surface area (TPSA) is 110 Å². The number of hydrogen-bond acceptors (Lipinski definition) is 6. The van der Waals surface area contributed by atoms with Crippen molar-refractivity contribution in [1.82, 2.24) is 4.31 Å². The third-order valence-electron chi connectivity index (χ3n) is 4.78. The molecule has 0 fully saturated rings. The Kier molecular flexibility index (Phi) is 10.4. The van der Waals surface area contributed by atoms with Gasteiger partial charge in [-0.3, -0.25) is 16.8 Å². The molecule has 1 unspecified atom stereocenters. The third kappa shape index (κ3) is 7.38. The van der Waals surface area contributed by atoms with Gasteiger partial charge in [-0.15, -0.1) is 0 Å². The highest BCUT2D eigenvalue weighted by Crippen LogP contribution is 2.39. The molecule has 0 bridgehead atoms. The second-order valence-electron chi connectivity index (χ2n) is 7.67. The lowest BCUT2D eigenvalue weighted by molar-refractivity contribution is -0.810. The summed E-state index contributed by atoms with van der Waals surface area (Å²) in [6.45, 7) is 4.44. The first-order chi connectivity index (χ1) is 15.0. The molecule has 1 atom stereocenters. The predicted octanol–water partition coefficient (Wildman–Crippen LogP) is 1.78. The van der Waals surface area contributed by atoms with E-state index >= 15 is 0 Å². The summed E-state index contributed by atoms with van der Waals surface area (Å²) in [5.41, 5.74) is -4.30. The van der Waals surface area contributed by atoms with Crippen molar-refractivity contribution in [1.29, 1.82) is 0 Å². The van der Waals surface area contributed by atoms with Gasteiger partial charge in [-0.25, -0.2) is 12.7 Å². The molecule has 14 heteroatoms. The van der Waals surface area contributed by atoms with Gasteiger partial charge in [0, 0.05) is 25.3 Å². The van der Waals surface area contributed by atoms with Crippen molar-refractivity contribution in [3.05, 3.63) is 33.7 Å². The Bertz CT molecular complexity index is 1080. The van der Waals surface area contributed by atoms with Gasteiger partial charge in [-0.05, 0) is 31.9 Å². The summed E-state index contributed by atoms with van der Waals surface area (Å²) < 4.78 is 114.